The average Bonchev–Trinajstić information content (AvgIpc) is 2.39. The van der Waals surface area contributed by atoms with Crippen molar-refractivity contribution in [1.82, 2.24) is 9.71 Å². The van der Waals surface area contributed by atoms with E-state index in [2.05, 4.69) is 14.6 Å². The summed E-state index contributed by atoms with van der Waals surface area (Å²) in [7, 11) is -3.23. The van der Waals surface area contributed by atoms with Crippen LogP contribution in [0.4, 0.5) is 5.82 Å². The first-order valence-corrected chi connectivity index (χ1v) is 8.68. The highest BCUT2D eigenvalue weighted by atomic mass is 35.5. The second-order valence-corrected chi connectivity index (χ2v) is 8.04. The van der Waals surface area contributed by atoms with Gasteiger partial charge >= 0.3 is 0 Å². The zero-order valence-electron chi connectivity index (χ0n) is 11.7. The van der Waals surface area contributed by atoms with Crippen molar-refractivity contribution in [3.63, 3.8) is 0 Å². The van der Waals surface area contributed by atoms with Crippen LogP contribution in [-0.2, 0) is 10.0 Å². The molecular formula is C13H20ClN3O2S. The maximum Gasteiger partial charge on any atom is 0.214 e. The monoisotopic (exact) mass is 317 g/mol. The van der Waals surface area contributed by atoms with E-state index in [0.29, 0.717) is 11.6 Å². The van der Waals surface area contributed by atoms with Gasteiger partial charge in [-0.2, -0.15) is 0 Å². The quantitative estimate of drug-likeness (QED) is 0.923. The van der Waals surface area contributed by atoms with Crippen LogP contribution in [0.2, 0.25) is 5.02 Å². The molecule has 1 aromatic rings. The first-order chi connectivity index (χ1) is 9.38. The minimum Gasteiger partial charge on any atom is -0.355 e. The van der Waals surface area contributed by atoms with E-state index in [-0.39, 0.29) is 6.04 Å². The van der Waals surface area contributed by atoms with Gasteiger partial charge in [0, 0.05) is 25.3 Å². The van der Waals surface area contributed by atoms with Crippen LogP contribution in [0.5, 0.6) is 0 Å². The molecule has 1 fully saturated rings. The van der Waals surface area contributed by atoms with Crippen LogP contribution in [0.25, 0.3) is 0 Å². The molecule has 0 aliphatic carbocycles. The van der Waals surface area contributed by atoms with Crippen LogP contribution in [0.15, 0.2) is 18.3 Å². The number of nitrogens with one attached hydrogen (secondary N) is 1. The third kappa shape index (κ3) is 3.84. The van der Waals surface area contributed by atoms with Gasteiger partial charge in [0.2, 0.25) is 10.0 Å². The number of aromatic nitrogens is 1. The Morgan fingerprint density at radius 1 is 1.45 bits per heavy atom. The summed E-state index contributed by atoms with van der Waals surface area (Å²) in [6.45, 7) is 4.89. The van der Waals surface area contributed by atoms with Gasteiger partial charge in [-0.1, -0.05) is 11.6 Å². The molecule has 20 heavy (non-hydrogen) atoms. The number of sulfonamides is 1. The molecule has 0 saturated carbocycles. The van der Waals surface area contributed by atoms with Crippen molar-refractivity contribution < 1.29 is 8.42 Å². The topological polar surface area (TPSA) is 62.3 Å². The fraction of sp³-hybridized carbons (Fsp3) is 0.615. The zero-order valence-corrected chi connectivity index (χ0v) is 13.3. The van der Waals surface area contributed by atoms with E-state index in [1.165, 1.54) is 0 Å². The predicted octanol–water partition coefficient (Wildman–Crippen LogP) is 2.03. The molecule has 2 rings (SSSR count). The van der Waals surface area contributed by atoms with Gasteiger partial charge in [0.1, 0.15) is 5.82 Å². The second kappa shape index (κ2) is 6.28. The van der Waals surface area contributed by atoms with E-state index in [4.69, 9.17) is 11.6 Å². The minimum absolute atomic E-state index is 0.0615. The van der Waals surface area contributed by atoms with Gasteiger partial charge < -0.3 is 4.90 Å². The maximum atomic E-state index is 11.9. The van der Waals surface area contributed by atoms with Crippen molar-refractivity contribution in [3.8, 4) is 0 Å². The van der Waals surface area contributed by atoms with Gasteiger partial charge in [0.05, 0.1) is 10.3 Å². The number of hydrogen-bond acceptors (Lipinski definition) is 4. The summed E-state index contributed by atoms with van der Waals surface area (Å²) < 4.78 is 26.6. The fourth-order valence-electron chi connectivity index (χ4n) is 2.20. The molecule has 0 bridgehead atoms. The molecule has 1 aliphatic heterocycles. The molecule has 2 heterocycles. The molecule has 1 atom stereocenters. The number of rotatable bonds is 4. The van der Waals surface area contributed by atoms with Crippen LogP contribution < -0.4 is 9.62 Å². The smallest absolute Gasteiger partial charge is 0.214 e. The van der Waals surface area contributed by atoms with Crippen LogP contribution in [0, 0.1) is 0 Å². The number of halogens is 1. The van der Waals surface area contributed by atoms with E-state index in [1.54, 1.807) is 26.1 Å². The Morgan fingerprint density at radius 2 is 2.20 bits per heavy atom. The lowest BCUT2D eigenvalue weighted by Crippen LogP contribution is -2.49. The molecule has 7 heteroatoms. The third-order valence-electron chi connectivity index (χ3n) is 3.41. The number of nitrogens with zero attached hydrogens (tertiary/aromatic N) is 2. The summed E-state index contributed by atoms with van der Waals surface area (Å²) in [6, 6.07) is 3.60. The Kier molecular flexibility index (Phi) is 4.88. The molecule has 5 nitrogen and oxygen atoms in total. The predicted molar refractivity (Wildman–Crippen MR) is 81.7 cm³/mol. The van der Waals surface area contributed by atoms with Crippen molar-refractivity contribution >= 4 is 27.4 Å². The fourth-order valence-corrected chi connectivity index (χ4v) is 3.25. The van der Waals surface area contributed by atoms with E-state index < -0.39 is 15.3 Å². The summed E-state index contributed by atoms with van der Waals surface area (Å²) in [5.74, 6) is 0.836. The minimum atomic E-state index is -3.23. The van der Waals surface area contributed by atoms with E-state index in [9.17, 15) is 8.42 Å². The molecule has 112 valence electrons. The lowest BCUT2D eigenvalue weighted by atomic mass is 10.1. The summed E-state index contributed by atoms with van der Waals surface area (Å²) in [5, 5.41) is 0.189. The van der Waals surface area contributed by atoms with Crippen LogP contribution in [-0.4, -0.2) is 37.8 Å². The highest BCUT2D eigenvalue weighted by molar-refractivity contribution is 7.90. The number of hydrogen-bond donors (Lipinski definition) is 1. The van der Waals surface area contributed by atoms with Gasteiger partial charge in [0.15, 0.2) is 0 Å². The van der Waals surface area contributed by atoms with E-state index in [0.717, 1.165) is 25.2 Å². The van der Waals surface area contributed by atoms with Crippen molar-refractivity contribution in [2.24, 2.45) is 0 Å². The Labute approximate surface area is 125 Å². The average molecular weight is 318 g/mol. The largest absolute Gasteiger partial charge is 0.355 e. The molecule has 1 aliphatic rings. The van der Waals surface area contributed by atoms with Crippen LogP contribution in [0.3, 0.4) is 0 Å². The zero-order chi connectivity index (χ0) is 14.8. The van der Waals surface area contributed by atoms with Gasteiger partial charge in [-0.05, 0) is 38.8 Å². The van der Waals surface area contributed by atoms with Crippen LogP contribution >= 0.6 is 11.6 Å². The Bertz CT molecular complexity index is 545. The van der Waals surface area contributed by atoms with Crippen molar-refractivity contribution in [2.75, 3.05) is 18.0 Å². The second-order valence-electron chi connectivity index (χ2n) is 5.33. The summed E-state index contributed by atoms with van der Waals surface area (Å²) in [4.78, 5) is 6.38. The Hall–Kier alpha value is -0.850. The summed E-state index contributed by atoms with van der Waals surface area (Å²) in [5.41, 5.74) is 0. The first kappa shape index (κ1) is 15.5. The van der Waals surface area contributed by atoms with Crippen molar-refractivity contribution in [1.29, 1.82) is 0 Å². The molecular weight excluding hydrogens is 298 g/mol. The maximum absolute atomic E-state index is 11.9. The third-order valence-corrected chi connectivity index (χ3v) is 5.54. The standard InChI is InChI=1S/C13H20ClN3O2S/c1-10(2)20(18,19)16-12-4-3-7-17(9-12)13-6-5-11(14)8-15-13/h5-6,8,10,12,16H,3-4,7,9H2,1-2H3. The molecule has 0 radical (unpaired) electrons. The Balaban J connectivity index is 2.04. The Morgan fingerprint density at radius 3 is 2.80 bits per heavy atom. The van der Waals surface area contributed by atoms with Crippen molar-refractivity contribution in [3.05, 3.63) is 23.4 Å². The molecule has 0 aromatic carbocycles. The van der Waals surface area contributed by atoms with Gasteiger partial charge in [-0.3, -0.25) is 0 Å². The normalized spacial score (nSPS) is 20.4. The van der Waals surface area contributed by atoms with E-state index >= 15 is 0 Å². The SMILES string of the molecule is CC(C)S(=O)(=O)NC1CCCN(c2ccc(Cl)cn2)C1. The van der Waals surface area contributed by atoms with Gasteiger partial charge in [-0.15, -0.1) is 0 Å². The van der Waals surface area contributed by atoms with Gasteiger partial charge in [-0.25, -0.2) is 18.1 Å². The molecule has 1 saturated heterocycles. The first-order valence-electron chi connectivity index (χ1n) is 6.76. The summed E-state index contributed by atoms with van der Waals surface area (Å²) in [6.07, 6.45) is 3.41. The highest BCUT2D eigenvalue weighted by Gasteiger charge is 2.26. The van der Waals surface area contributed by atoms with E-state index in [1.807, 2.05) is 6.07 Å². The summed E-state index contributed by atoms with van der Waals surface area (Å²) >= 11 is 5.83. The van der Waals surface area contributed by atoms with Crippen molar-refractivity contribution in [2.45, 2.75) is 38.0 Å². The molecule has 0 spiro atoms. The number of piperidine rings is 1. The lowest BCUT2D eigenvalue weighted by Gasteiger charge is -2.34. The lowest BCUT2D eigenvalue weighted by molar-refractivity contribution is 0.462. The highest BCUT2D eigenvalue weighted by Crippen LogP contribution is 2.20. The van der Waals surface area contributed by atoms with Gasteiger partial charge in [0.25, 0.3) is 0 Å². The molecule has 1 aromatic heterocycles. The molecule has 0 amide bonds. The number of pyridine rings is 1. The van der Waals surface area contributed by atoms with Crippen LogP contribution in [0.1, 0.15) is 26.7 Å². The molecule has 1 N–H and O–H groups in total. The molecule has 1 unspecified atom stereocenters. The number of anilines is 1.